The second-order valence-corrected chi connectivity index (χ2v) is 5.84. The molecular weight excluding hydrogens is 242 g/mol. The maximum atomic E-state index is 11.9. The summed E-state index contributed by atoms with van der Waals surface area (Å²) >= 11 is 0. The normalized spacial score (nSPS) is 28.8. The number of fused-ring (bicyclic) bond motifs is 2. The number of aromatic nitrogens is 3. The zero-order valence-corrected chi connectivity index (χ0v) is 11.6. The van der Waals surface area contributed by atoms with E-state index in [1.54, 1.807) is 6.92 Å². The Morgan fingerprint density at radius 3 is 2.84 bits per heavy atom. The molecule has 3 atom stereocenters. The van der Waals surface area contributed by atoms with Crippen molar-refractivity contribution < 1.29 is 9.53 Å². The summed E-state index contributed by atoms with van der Waals surface area (Å²) in [5.74, 6) is 3.25. The SMILES string of the molecule is CCOC(=O)c1nnc(C)n1CC1CC2CCC1C2. The van der Waals surface area contributed by atoms with Crippen LogP contribution in [0.1, 0.15) is 49.1 Å². The van der Waals surface area contributed by atoms with Crippen LogP contribution < -0.4 is 0 Å². The van der Waals surface area contributed by atoms with Crippen LogP contribution in [0.15, 0.2) is 0 Å². The van der Waals surface area contributed by atoms with Crippen LogP contribution >= 0.6 is 0 Å². The summed E-state index contributed by atoms with van der Waals surface area (Å²) in [7, 11) is 0. The van der Waals surface area contributed by atoms with Gasteiger partial charge in [-0.2, -0.15) is 0 Å². The van der Waals surface area contributed by atoms with Gasteiger partial charge in [-0.15, -0.1) is 10.2 Å². The molecule has 3 unspecified atom stereocenters. The highest BCUT2D eigenvalue weighted by Crippen LogP contribution is 2.48. The van der Waals surface area contributed by atoms with Crippen LogP contribution in [0, 0.1) is 24.7 Å². The number of hydrogen-bond donors (Lipinski definition) is 0. The first kappa shape index (κ1) is 12.6. The fourth-order valence-electron chi connectivity index (χ4n) is 3.78. The molecule has 0 aromatic carbocycles. The van der Waals surface area contributed by atoms with Gasteiger partial charge >= 0.3 is 5.97 Å². The van der Waals surface area contributed by atoms with Gasteiger partial charge < -0.3 is 9.30 Å². The highest BCUT2D eigenvalue weighted by atomic mass is 16.5. The van der Waals surface area contributed by atoms with Crippen molar-refractivity contribution in [3.05, 3.63) is 11.6 Å². The van der Waals surface area contributed by atoms with E-state index >= 15 is 0 Å². The van der Waals surface area contributed by atoms with Gasteiger partial charge in [0.2, 0.25) is 5.82 Å². The summed E-state index contributed by atoms with van der Waals surface area (Å²) in [6, 6.07) is 0. The van der Waals surface area contributed by atoms with Crippen molar-refractivity contribution in [2.75, 3.05) is 6.61 Å². The number of hydrogen-bond acceptors (Lipinski definition) is 4. The Labute approximate surface area is 113 Å². The standard InChI is InChI=1S/C14H21N3O2/c1-3-19-14(18)13-16-15-9(2)17(13)8-12-7-10-4-5-11(12)6-10/h10-12H,3-8H2,1-2H3. The van der Waals surface area contributed by atoms with E-state index in [1.807, 2.05) is 11.5 Å². The van der Waals surface area contributed by atoms with Crippen molar-refractivity contribution in [1.29, 1.82) is 0 Å². The zero-order chi connectivity index (χ0) is 13.4. The van der Waals surface area contributed by atoms with E-state index in [-0.39, 0.29) is 5.97 Å². The Kier molecular flexibility index (Phi) is 3.29. The van der Waals surface area contributed by atoms with Gasteiger partial charge in [-0.05, 0) is 50.9 Å². The third-order valence-corrected chi connectivity index (χ3v) is 4.70. The molecule has 0 saturated heterocycles. The number of nitrogens with zero attached hydrogens (tertiary/aromatic N) is 3. The molecule has 0 aliphatic heterocycles. The Morgan fingerprint density at radius 1 is 1.37 bits per heavy atom. The third kappa shape index (κ3) is 2.26. The molecule has 0 radical (unpaired) electrons. The van der Waals surface area contributed by atoms with Crippen LogP contribution in [0.25, 0.3) is 0 Å². The molecule has 2 bridgehead atoms. The lowest BCUT2D eigenvalue weighted by Gasteiger charge is -2.22. The maximum Gasteiger partial charge on any atom is 0.376 e. The molecule has 1 aromatic rings. The van der Waals surface area contributed by atoms with E-state index in [0.29, 0.717) is 18.3 Å². The number of ether oxygens (including phenoxy) is 1. The molecular formula is C14H21N3O2. The molecule has 5 heteroatoms. The molecule has 1 heterocycles. The van der Waals surface area contributed by atoms with Gasteiger partial charge in [-0.1, -0.05) is 6.42 Å². The largest absolute Gasteiger partial charge is 0.460 e. The monoisotopic (exact) mass is 263 g/mol. The second kappa shape index (κ2) is 4.94. The number of carbonyl (C=O) groups is 1. The lowest BCUT2D eigenvalue weighted by molar-refractivity contribution is 0.0503. The fourth-order valence-corrected chi connectivity index (χ4v) is 3.78. The molecule has 2 aliphatic rings. The summed E-state index contributed by atoms with van der Waals surface area (Å²) in [6.07, 6.45) is 5.42. The Hall–Kier alpha value is -1.39. The van der Waals surface area contributed by atoms with E-state index in [0.717, 1.165) is 24.2 Å². The van der Waals surface area contributed by atoms with Crippen molar-refractivity contribution in [1.82, 2.24) is 14.8 Å². The highest BCUT2D eigenvalue weighted by molar-refractivity contribution is 5.85. The molecule has 3 rings (SSSR count). The average molecular weight is 263 g/mol. The van der Waals surface area contributed by atoms with Gasteiger partial charge in [-0.3, -0.25) is 0 Å². The van der Waals surface area contributed by atoms with Gasteiger partial charge in [0.1, 0.15) is 5.82 Å². The Balaban J connectivity index is 1.77. The van der Waals surface area contributed by atoms with Gasteiger partial charge in [0, 0.05) is 6.54 Å². The molecule has 19 heavy (non-hydrogen) atoms. The number of carbonyl (C=O) groups excluding carboxylic acids is 1. The third-order valence-electron chi connectivity index (χ3n) is 4.70. The van der Waals surface area contributed by atoms with Crippen molar-refractivity contribution in [3.8, 4) is 0 Å². The Bertz CT molecular complexity index is 483. The van der Waals surface area contributed by atoms with Gasteiger partial charge in [0.05, 0.1) is 6.61 Å². The summed E-state index contributed by atoms with van der Waals surface area (Å²) in [4.78, 5) is 11.9. The minimum Gasteiger partial charge on any atom is -0.460 e. The summed E-state index contributed by atoms with van der Waals surface area (Å²) in [6.45, 7) is 4.96. The van der Waals surface area contributed by atoms with Gasteiger partial charge in [0.15, 0.2) is 0 Å². The van der Waals surface area contributed by atoms with E-state index < -0.39 is 0 Å². The van der Waals surface area contributed by atoms with Crippen LogP contribution in [-0.4, -0.2) is 27.3 Å². The number of esters is 1. The van der Waals surface area contributed by atoms with Gasteiger partial charge in [-0.25, -0.2) is 4.79 Å². The van der Waals surface area contributed by atoms with E-state index in [9.17, 15) is 4.79 Å². The first-order chi connectivity index (χ1) is 9.19. The summed E-state index contributed by atoms with van der Waals surface area (Å²) in [5, 5.41) is 8.01. The smallest absolute Gasteiger partial charge is 0.376 e. The number of aryl methyl sites for hydroxylation is 1. The zero-order valence-electron chi connectivity index (χ0n) is 11.6. The second-order valence-electron chi connectivity index (χ2n) is 5.84. The molecule has 0 N–H and O–H groups in total. The molecule has 2 fully saturated rings. The quantitative estimate of drug-likeness (QED) is 0.781. The lowest BCUT2D eigenvalue weighted by Crippen LogP contribution is -2.22. The lowest BCUT2D eigenvalue weighted by atomic mass is 9.89. The highest BCUT2D eigenvalue weighted by Gasteiger charge is 2.40. The molecule has 2 aliphatic carbocycles. The van der Waals surface area contributed by atoms with Crippen LogP contribution in [0.3, 0.4) is 0 Å². The fraction of sp³-hybridized carbons (Fsp3) is 0.786. The van der Waals surface area contributed by atoms with Crippen LogP contribution in [0.4, 0.5) is 0 Å². The van der Waals surface area contributed by atoms with Crippen LogP contribution in [0.2, 0.25) is 0 Å². The average Bonchev–Trinajstić information content (AvgIpc) is 3.07. The molecule has 2 saturated carbocycles. The number of rotatable bonds is 4. The maximum absolute atomic E-state index is 11.9. The molecule has 0 amide bonds. The topological polar surface area (TPSA) is 57.0 Å². The molecule has 1 aromatic heterocycles. The van der Waals surface area contributed by atoms with Crippen molar-refractivity contribution in [2.45, 2.75) is 46.1 Å². The van der Waals surface area contributed by atoms with Crippen LogP contribution in [0.5, 0.6) is 0 Å². The summed E-state index contributed by atoms with van der Waals surface area (Å²) < 4.78 is 6.99. The first-order valence-corrected chi connectivity index (χ1v) is 7.26. The minimum atomic E-state index is -0.355. The predicted octanol–water partition coefficient (Wildman–Crippen LogP) is 2.20. The van der Waals surface area contributed by atoms with E-state index in [4.69, 9.17) is 4.74 Å². The van der Waals surface area contributed by atoms with E-state index in [2.05, 4.69) is 10.2 Å². The molecule has 0 spiro atoms. The van der Waals surface area contributed by atoms with Crippen molar-refractivity contribution in [2.24, 2.45) is 17.8 Å². The van der Waals surface area contributed by atoms with E-state index in [1.165, 1.54) is 25.7 Å². The summed E-state index contributed by atoms with van der Waals surface area (Å²) in [5.41, 5.74) is 0. The first-order valence-electron chi connectivity index (χ1n) is 7.26. The molecule has 5 nitrogen and oxygen atoms in total. The Morgan fingerprint density at radius 2 is 2.21 bits per heavy atom. The van der Waals surface area contributed by atoms with Crippen LogP contribution in [-0.2, 0) is 11.3 Å². The minimum absolute atomic E-state index is 0.355. The predicted molar refractivity (Wildman–Crippen MR) is 69.7 cm³/mol. The van der Waals surface area contributed by atoms with Gasteiger partial charge in [0.25, 0.3) is 0 Å². The molecule has 104 valence electrons. The van der Waals surface area contributed by atoms with Crippen molar-refractivity contribution in [3.63, 3.8) is 0 Å². The van der Waals surface area contributed by atoms with Crippen molar-refractivity contribution >= 4 is 5.97 Å².